The van der Waals surface area contributed by atoms with Crippen LogP contribution in [0.25, 0.3) is 11.1 Å². The Kier molecular flexibility index (Phi) is 5.60. The molecule has 2 heterocycles. The number of nitriles is 1. The smallest absolute Gasteiger partial charge is 0.254 e. The van der Waals surface area contributed by atoms with Crippen LogP contribution in [0.1, 0.15) is 48.7 Å². The molecule has 2 aliphatic rings. The second kappa shape index (κ2) is 8.23. The van der Waals surface area contributed by atoms with Gasteiger partial charge in [0.25, 0.3) is 5.91 Å². The number of amides is 2. The number of benzene rings is 2. The molecular formula is C26H27N3O3. The first kappa shape index (κ1) is 21.8. The molecule has 0 N–H and O–H groups in total. The molecule has 2 amide bonds. The average molecular weight is 430 g/mol. The summed E-state index contributed by atoms with van der Waals surface area (Å²) in [6.45, 7) is 7.10. The minimum absolute atomic E-state index is 0.0299. The van der Waals surface area contributed by atoms with E-state index in [1.165, 1.54) is 0 Å². The third-order valence-corrected chi connectivity index (χ3v) is 6.10. The van der Waals surface area contributed by atoms with Gasteiger partial charge in [0.05, 0.1) is 11.6 Å². The van der Waals surface area contributed by atoms with Crippen LogP contribution in [0.5, 0.6) is 0 Å². The van der Waals surface area contributed by atoms with Gasteiger partial charge in [0.2, 0.25) is 5.91 Å². The average Bonchev–Trinajstić information content (AvgIpc) is 2.87. The lowest BCUT2D eigenvalue weighted by molar-refractivity contribution is -0.137. The molecule has 0 spiro atoms. The topological polar surface area (TPSA) is 81.5 Å². The van der Waals surface area contributed by atoms with Crippen molar-refractivity contribution in [3.63, 3.8) is 0 Å². The van der Waals surface area contributed by atoms with Crippen LogP contribution in [0.3, 0.4) is 0 Å². The Balaban J connectivity index is 1.60. The number of fused-ring (bicyclic) bond motifs is 2. The second-order valence-electron chi connectivity index (χ2n) is 9.80. The monoisotopic (exact) mass is 429 g/mol. The molecule has 4 rings (SSSR count). The summed E-state index contributed by atoms with van der Waals surface area (Å²) < 4.78 is 0. The van der Waals surface area contributed by atoms with Gasteiger partial charge in [0.1, 0.15) is 6.04 Å². The maximum Gasteiger partial charge on any atom is 0.254 e. The van der Waals surface area contributed by atoms with Crippen molar-refractivity contribution in [3.05, 3.63) is 59.2 Å². The van der Waals surface area contributed by atoms with Crippen molar-refractivity contribution in [2.45, 2.75) is 39.7 Å². The van der Waals surface area contributed by atoms with Gasteiger partial charge in [-0.15, -0.1) is 0 Å². The zero-order chi connectivity index (χ0) is 23.0. The number of carbonyl (C=O) groups excluding carboxylic acids is 3. The normalized spacial score (nSPS) is 18.5. The summed E-state index contributed by atoms with van der Waals surface area (Å²) >= 11 is 0. The molecule has 0 bridgehead atoms. The van der Waals surface area contributed by atoms with Crippen molar-refractivity contribution in [1.29, 1.82) is 5.26 Å². The van der Waals surface area contributed by atoms with Gasteiger partial charge in [-0.2, -0.15) is 5.26 Å². The van der Waals surface area contributed by atoms with E-state index in [4.69, 9.17) is 5.26 Å². The highest BCUT2D eigenvalue weighted by molar-refractivity contribution is 6.04. The van der Waals surface area contributed by atoms with Crippen LogP contribution in [0.15, 0.2) is 42.5 Å². The van der Waals surface area contributed by atoms with Crippen molar-refractivity contribution in [1.82, 2.24) is 9.80 Å². The summed E-state index contributed by atoms with van der Waals surface area (Å²) in [5.74, 6) is -0.159. The molecule has 0 aliphatic carbocycles. The van der Waals surface area contributed by atoms with Crippen LogP contribution < -0.4 is 0 Å². The Hall–Kier alpha value is -3.46. The molecule has 1 unspecified atom stereocenters. The van der Waals surface area contributed by atoms with E-state index in [9.17, 15) is 14.4 Å². The first-order valence-corrected chi connectivity index (χ1v) is 10.9. The zero-order valence-corrected chi connectivity index (χ0v) is 18.7. The molecule has 1 fully saturated rings. The molecule has 0 aromatic heterocycles. The van der Waals surface area contributed by atoms with Crippen LogP contribution in [0.4, 0.5) is 0 Å². The number of ketones is 1. The SMILES string of the molecule is CC(C)(C)CC(=O)N1CCN2C(=O)c3cc(-c4ccc(C#N)cc4)ccc3CC(=O)C2C1. The summed E-state index contributed by atoms with van der Waals surface area (Å²) in [6.07, 6.45) is 0.591. The molecule has 2 aliphatic heterocycles. The van der Waals surface area contributed by atoms with Crippen molar-refractivity contribution in [2.24, 2.45) is 5.41 Å². The van der Waals surface area contributed by atoms with E-state index < -0.39 is 6.04 Å². The minimum Gasteiger partial charge on any atom is -0.338 e. The lowest BCUT2D eigenvalue weighted by Gasteiger charge is -2.40. The van der Waals surface area contributed by atoms with Gasteiger partial charge < -0.3 is 9.80 Å². The van der Waals surface area contributed by atoms with E-state index >= 15 is 0 Å². The van der Waals surface area contributed by atoms with Crippen molar-refractivity contribution in [3.8, 4) is 17.2 Å². The van der Waals surface area contributed by atoms with E-state index in [1.54, 1.807) is 21.9 Å². The van der Waals surface area contributed by atoms with Gasteiger partial charge in [0.15, 0.2) is 5.78 Å². The lowest BCUT2D eigenvalue weighted by Crippen LogP contribution is -2.59. The number of Topliss-reactive ketones (excluding diaryl/α,β-unsaturated/α-hetero) is 1. The Morgan fingerprint density at radius 3 is 2.41 bits per heavy atom. The third-order valence-electron chi connectivity index (χ3n) is 6.10. The minimum atomic E-state index is -0.606. The van der Waals surface area contributed by atoms with Gasteiger partial charge in [-0.05, 0) is 40.3 Å². The summed E-state index contributed by atoms with van der Waals surface area (Å²) in [5.41, 5.74) is 3.48. The van der Waals surface area contributed by atoms with Gasteiger partial charge >= 0.3 is 0 Å². The quantitative estimate of drug-likeness (QED) is 0.732. The zero-order valence-electron chi connectivity index (χ0n) is 18.7. The predicted octanol–water partition coefficient (Wildman–Crippen LogP) is 3.44. The van der Waals surface area contributed by atoms with Crippen LogP contribution in [0, 0.1) is 16.7 Å². The molecule has 2 aromatic rings. The molecule has 2 aromatic carbocycles. The molecule has 0 radical (unpaired) electrons. The van der Waals surface area contributed by atoms with Crippen LogP contribution in [-0.4, -0.2) is 53.1 Å². The maximum absolute atomic E-state index is 13.4. The Morgan fingerprint density at radius 1 is 1.06 bits per heavy atom. The Labute approximate surface area is 188 Å². The highest BCUT2D eigenvalue weighted by atomic mass is 16.2. The summed E-state index contributed by atoms with van der Waals surface area (Å²) in [7, 11) is 0. The molecular weight excluding hydrogens is 402 g/mol. The standard InChI is InChI=1S/C26H27N3O3/c1-26(2,3)14-24(31)28-10-11-29-22(16-28)23(30)13-20-9-8-19(12-21(20)25(29)32)18-6-4-17(15-27)5-7-18/h4-9,12,22H,10-11,13-14,16H2,1-3H3. The van der Waals surface area contributed by atoms with Crippen molar-refractivity contribution < 1.29 is 14.4 Å². The van der Waals surface area contributed by atoms with Gasteiger partial charge in [-0.1, -0.05) is 45.0 Å². The Morgan fingerprint density at radius 2 is 1.75 bits per heavy atom. The predicted molar refractivity (Wildman–Crippen MR) is 121 cm³/mol. The number of piperazine rings is 1. The number of carbonyl (C=O) groups is 3. The summed E-state index contributed by atoms with van der Waals surface area (Å²) in [4.78, 5) is 42.6. The summed E-state index contributed by atoms with van der Waals surface area (Å²) in [6, 6.07) is 14.3. The second-order valence-corrected chi connectivity index (χ2v) is 9.80. The number of nitrogens with zero attached hydrogens (tertiary/aromatic N) is 3. The first-order valence-electron chi connectivity index (χ1n) is 10.9. The molecule has 0 saturated carbocycles. The maximum atomic E-state index is 13.4. The van der Waals surface area contributed by atoms with E-state index in [0.29, 0.717) is 30.6 Å². The highest BCUT2D eigenvalue weighted by Gasteiger charge is 2.40. The van der Waals surface area contributed by atoms with Crippen molar-refractivity contribution >= 4 is 17.6 Å². The van der Waals surface area contributed by atoms with Gasteiger partial charge in [0, 0.05) is 38.0 Å². The van der Waals surface area contributed by atoms with Crippen LogP contribution in [0.2, 0.25) is 0 Å². The number of hydrogen-bond donors (Lipinski definition) is 0. The molecule has 164 valence electrons. The highest BCUT2D eigenvalue weighted by Crippen LogP contribution is 2.29. The number of hydrogen-bond acceptors (Lipinski definition) is 4. The Bertz CT molecular complexity index is 1120. The molecule has 32 heavy (non-hydrogen) atoms. The number of rotatable bonds is 2. The van der Waals surface area contributed by atoms with E-state index in [1.807, 2.05) is 51.1 Å². The molecule has 1 atom stereocenters. The fraction of sp³-hybridized carbons (Fsp3) is 0.385. The van der Waals surface area contributed by atoms with Crippen LogP contribution >= 0.6 is 0 Å². The van der Waals surface area contributed by atoms with E-state index in [2.05, 4.69) is 6.07 Å². The largest absolute Gasteiger partial charge is 0.338 e. The fourth-order valence-corrected chi connectivity index (χ4v) is 4.40. The van der Waals surface area contributed by atoms with Gasteiger partial charge in [-0.25, -0.2) is 0 Å². The first-order chi connectivity index (χ1) is 15.2. The molecule has 6 nitrogen and oxygen atoms in total. The molecule has 6 heteroatoms. The lowest BCUT2D eigenvalue weighted by atomic mass is 9.91. The van der Waals surface area contributed by atoms with E-state index in [0.717, 1.165) is 16.7 Å². The summed E-state index contributed by atoms with van der Waals surface area (Å²) in [5, 5.41) is 9.01. The van der Waals surface area contributed by atoms with Crippen LogP contribution in [-0.2, 0) is 16.0 Å². The third kappa shape index (κ3) is 4.29. The van der Waals surface area contributed by atoms with Gasteiger partial charge in [-0.3, -0.25) is 14.4 Å². The van der Waals surface area contributed by atoms with Crippen molar-refractivity contribution in [2.75, 3.05) is 19.6 Å². The fourth-order valence-electron chi connectivity index (χ4n) is 4.40. The van der Waals surface area contributed by atoms with E-state index in [-0.39, 0.29) is 36.0 Å². The molecule has 1 saturated heterocycles.